The third-order valence-electron chi connectivity index (χ3n) is 4.55. The molecule has 0 aliphatic rings. The number of hydrazone groups is 1. The van der Waals surface area contributed by atoms with Gasteiger partial charge in [0.15, 0.2) is 17.1 Å². The smallest absolute Gasteiger partial charge is 0.273 e. The van der Waals surface area contributed by atoms with Crippen molar-refractivity contribution in [3.05, 3.63) is 66.1 Å². The minimum Gasteiger partial charge on any atom is -0.493 e. The van der Waals surface area contributed by atoms with Crippen molar-refractivity contribution in [2.45, 2.75) is 6.92 Å². The summed E-state index contributed by atoms with van der Waals surface area (Å²) >= 11 is 0. The van der Waals surface area contributed by atoms with Gasteiger partial charge in [0.1, 0.15) is 5.71 Å². The molecular weight excluding hydrogens is 342 g/mol. The summed E-state index contributed by atoms with van der Waals surface area (Å²) in [6.45, 7) is 1.79. The minimum atomic E-state index is -0.264. The van der Waals surface area contributed by atoms with Crippen molar-refractivity contribution in [1.82, 2.24) is 9.99 Å². The molecule has 0 fully saturated rings. The topological polar surface area (TPSA) is 68.8 Å². The van der Waals surface area contributed by atoms with Crippen molar-refractivity contribution in [3.8, 4) is 5.75 Å². The number of aromatic nitrogens is 1. The van der Waals surface area contributed by atoms with Crippen LogP contribution in [-0.4, -0.2) is 23.3 Å². The fourth-order valence-corrected chi connectivity index (χ4v) is 3.15. The van der Waals surface area contributed by atoms with Crippen molar-refractivity contribution in [2.24, 2.45) is 12.1 Å². The number of carbonyl (C=O) groups excluding carboxylic acids is 1. The van der Waals surface area contributed by atoms with E-state index in [1.54, 1.807) is 20.2 Å². The third kappa shape index (κ3) is 2.95. The van der Waals surface area contributed by atoms with Crippen LogP contribution in [0.2, 0.25) is 0 Å². The molecule has 0 radical (unpaired) electrons. The van der Waals surface area contributed by atoms with Gasteiger partial charge < -0.3 is 13.7 Å². The Labute approximate surface area is 156 Å². The second-order valence-electron chi connectivity index (χ2n) is 6.30. The zero-order valence-electron chi connectivity index (χ0n) is 15.3. The number of para-hydroxylation sites is 2. The standard InChI is InChI=1S/C21H19N3O3/c1-13(19-11-14-7-6-10-18(26-3)20(14)27-19)22-23-21(25)16-12-24(2)17-9-5-4-8-15(16)17/h4-12H,1-3H3,(H,23,25)/b22-13+. The zero-order chi connectivity index (χ0) is 19.0. The summed E-state index contributed by atoms with van der Waals surface area (Å²) in [5, 5.41) is 6.01. The number of methoxy groups -OCH3 is 1. The molecule has 27 heavy (non-hydrogen) atoms. The largest absolute Gasteiger partial charge is 0.493 e. The van der Waals surface area contributed by atoms with E-state index in [1.165, 1.54) is 0 Å². The van der Waals surface area contributed by atoms with E-state index in [-0.39, 0.29) is 5.91 Å². The molecular formula is C21H19N3O3. The number of furan rings is 1. The fraction of sp³-hybridized carbons (Fsp3) is 0.143. The molecule has 6 nitrogen and oxygen atoms in total. The molecule has 2 aromatic carbocycles. The van der Waals surface area contributed by atoms with E-state index in [0.29, 0.717) is 28.4 Å². The number of amides is 1. The van der Waals surface area contributed by atoms with Crippen LogP contribution in [0.1, 0.15) is 23.0 Å². The van der Waals surface area contributed by atoms with Crippen molar-refractivity contribution in [2.75, 3.05) is 7.11 Å². The number of rotatable bonds is 4. The maximum absolute atomic E-state index is 12.6. The van der Waals surface area contributed by atoms with Crippen LogP contribution < -0.4 is 10.2 Å². The maximum Gasteiger partial charge on any atom is 0.273 e. The van der Waals surface area contributed by atoms with Gasteiger partial charge in [-0.05, 0) is 25.1 Å². The van der Waals surface area contributed by atoms with Crippen LogP contribution in [0.4, 0.5) is 0 Å². The number of nitrogens with one attached hydrogen (secondary N) is 1. The fourth-order valence-electron chi connectivity index (χ4n) is 3.15. The SMILES string of the molecule is COc1cccc2cc(/C(C)=N/NC(=O)c3cn(C)c4ccccc34)oc12. The predicted octanol–water partition coefficient (Wildman–Crippen LogP) is 4.09. The highest BCUT2D eigenvalue weighted by atomic mass is 16.5. The first kappa shape index (κ1) is 16.9. The van der Waals surface area contributed by atoms with E-state index < -0.39 is 0 Å². The van der Waals surface area contributed by atoms with Crippen LogP contribution in [0.15, 0.2) is 64.2 Å². The Kier molecular flexibility index (Phi) is 4.16. The first-order valence-electron chi connectivity index (χ1n) is 8.54. The van der Waals surface area contributed by atoms with Gasteiger partial charge in [-0.25, -0.2) is 5.43 Å². The van der Waals surface area contributed by atoms with E-state index in [2.05, 4.69) is 10.5 Å². The van der Waals surface area contributed by atoms with Crippen molar-refractivity contribution >= 4 is 33.5 Å². The third-order valence-corrected chi connectivity index (χ3v) is 4.55. The highest BCUT2D eigenvalue weighted by Crippen LogP contribution is 2.28. The number of hydrogen-bond donors (Lipinski definition) is 1. The molecule has 4 rings (SSSR count). The van der Waals surface area contributed by atoms with Gasteiger partial charge in [-0.1, -0.05) is 30.3 Å². The van der Waals surface area contributed by atoms with Crippen molar-refractivity contribution in [3.63, 3.8) is 0 Å². The lowest BCUT2D eigenvalue weighted by Gasteiger charge is -2.00. The quantitative estimate of drug-likeness (QED) is 0.440. The van der Waals surface area contributed by atoms with Crippen LogP contribution >= 0.6 is 0 Å². The first-order chi connectivity index (χ1) is 13.1. The van der Waals surface area contributed by atoms with Crippen molar-refractivity contribution in [1.29, 1.82) is 0 Å². The molecule has 0 saturated carbocycles. The van der Waals surface area contributed by atoms with Crippen LogP contribution in [0.3, 0.4) is 0 Å². The lowest BCUT2D eigenvalue weighted by molar-refractivity contribution is 0.0956. The van der Waals surface area contributed by atoms with Gasteiger partial charge in [0.2, 0.25) is 0 Å². The molecule has 0 aliphatic carbocycles. The minimum absolute atomic E-state index is 0.264. The summed E-state index contributed by atoms with van der Waals surface area (Å²) in [7, 11) is 3.51. The number of benzene rings is 2. The summed E-state index contributed by atoms with van der Waals surface area (Å²) in [4.78, 5) is 12.6. The number of aryl methyl sites for hydroxylation is 1. The lowest BCUT2D eigenvalue weighted by Crippen LogP contribution is -2.19. The number of ether oxygens (including phenoxy) is 1. The van der Waals surface area contributed by atoms with Crippen molar-refractivity contribution < 1.29 is 13.9 Å². The number of fused-ring (bicyclic) bond motifs is 2. The maximum atomic E-state index is 12.6. The summed E-state index contributed by atoms with van der Waals surface area (Å²) in [5.74, 6) is 0.971. The Bertz CT molecular complexity index is 1180. The summed E-state index contributed by atoms with van der Waals surface area (Å²) < 4.78 is 13.1. The average molecular weight is 361 g/mol. The molecule has 0 bridgehead atoms. The van der Waals surface area contributed by atoms with Gasteiger partial charge in [-0.2, -0.15) is 5.10 Å². The predicted molar refractivity (Wildman–Crippen MR) is 105 cm³/mol. The van der Waals surface area contributed by atoms with Gasteiger partial charge in [0, 0.05) is 29.5 Å². The number of hydrogen-bond acceptors (Lipinski definition) is 4. The Balaban J connectivity index is 1.61. The summed E-state index contributed by atoms with van der Waals surface area (Å²) in [5.41, 5.74) is 5.42. The summed E-state index contributed by atoms with van der Waals surface area (Å²) in [6.07, 6.45) is 1.80. The molecule has 0 aliphatic heterocycles. The molecule has 2 heterocycles. The average Bonchev–Trinajstić information content (AvgIpc) is 3.27. The highest BCUT2D eigenvalue weighted by Gasteiger charge is 2.14. The van der Waals surface area contributed by atoms with E-state index >= 15 is 0 Å². The van der Waals surface area contributed by atoms with Crippen LogP contribution in [-0.2, 0) is 7.05 Å². The van der Waals surface area contributed by atoms with E-state index in [4.69, 9.17) is 9.15 Å². The Morgan fingerprint density at radius 2 is 2.00 bits per heavy atom. The molecule has 136 valence electrons. The lowest BCUT2D eigenvalue weighted by atomic mass is 10.2. The Hall–Kier alpha value is -3.54. The van der Waals surface area contributed by atoms with Gasteiger partial charge in [-0.15, -0.1) is 0 Å². The Morgan fingerprint density at radius 3 is 2.81 bits per heavy atom. The molecule has 1 amide bonds. The van der Waals surface area contributed by atoms with Crippen LogP contribution in [0, 0.1) is 0 Å². The van der Waals surface area contributed by atoms with Gasteiger partial charge in [0.05, 0.1) is 12.7 Å². The highest BCUT2D eigenvalue weighted by molar-refractivity contribution is 6.08. The van der Waals surface area contributed by atoms with Crippen LogP contribution in [0.25, 0.3) is 21.9 Å². The van der Waals surface area contributed by atoms with Gasteiger partial charge in [-0.3, -0.25) is 4.79 Å². The van der Waals surface area contributed by atoms with Crippen LogP contribution in [0.5, 0.6) is 5.75 Å². The van der Waals surface area contributed by atoms with E-state index in [0.717, 1.165) is 16.3 Å². The van der Waals surface area contributed by atoms with Gasteiger partial charge >= 0.3 is 0 Å². The molecule has 0 atom stereocenters. The second kappa shape index (κ2) is 6.64. The molecule has 0 unspecified atom stereocenters. The Morgan fingerprint density at radius 1 is 1.19 bits per heavy atom. The normalized spacial score (nSPS) is 11.9. The number of carbonyl (C=O) groups is 1. The number of nitrogens with zero attached hydrogens (tertiary/aromatic N) is 2. The first-order valence-corrected chi connectivity index (χ1v) is 8.54. The molecule has 2 aromatic heterocycles. The molecule has 0 spiro atoms. The molecule has 4 aromatic rings. The molecule has 1 N–H and O–H groups in total. The molecule has 6 heteroatoms. The van der Waals surface area contributed by atoms with E-state index in [1.807, 2.05) is 60.1 Å². The van der Waals surface area contributed by atoms with E-state index in [9.17, 15) is 4.79 Å². The second-order valence-corrected chi connectivity index (χ2v) is 6.30. The van der Waals surface area contributed by atoms with Gasteiger partial charge in [0.25, 0.3) is 5.91 Å². The molecule has 0 saturated heterocycles. The monoisotopic (exact) mass is 361 g/mol. The summed E-state index contributed by atoms with van der Waals surface area (Å²) in [6, 6.07) is 15.3. The zero-order valence-corrected chi connectivity index (χ0v) is 15.3.